The summed E-state index contributed by atoms with van der Waals surface area (Å²) >= 11 is 3.51. The number of benzene rings is 2. The average Bonchev–Trinajstić information content (AvgIpc) is 2.83. The van der Waals surface area contributed by atoms with Gasteiger partial charge in [-0.15, -0.1) is 0 Å². The summed E-state index contributed by atoms with van der Waals surface area (Å²) < 4.78 is 3.22. The van der Waals surface area contributed by atoms with Crippen molar-refractivity contribution in [1.82, 2.24) is 9.55 Å². The number of halogens is 1. The summed E-state index contributed by atoms with van der Waals surface area (Å²) in [6.45, 7) is 0. The SMILES string of the molecule is Cn1cc2ccccc2c1Br.c1ccc2ncccc2c1. The Hall–Kier alpha value is -2.13. The molecule has 4 aromatic rings. The molecule has 0 aliphatic carbocycles. The predicted molar refractivity (Wildman–Crippen MR) is 92.4 cm³/mol. The minimum Gasteiger partial charge on any atom is -0.344 e. The molecule has 0 amide bonds. The predicted octanol–water partition coefficient (Wildman–Crippen LogP) is 5.18. The van der Waals surface area contributed by atoms with Gasteiger partial charge in [0.1, 0.15) is 0 Å². The molecule has 0 radical (unpaired) electrons. The molecular weight excluding hydrogens is 324 g/mol. The number of aryl methyl sites for hydroxylation is 1. The molecule has 2 aromatic carbocycles. The lowest BCUT2D eigenvalue weighted by molar-refractivity contribution is 0.908. The Labute approximate surface area is 132 Å². The molecule has 0 fully saturated rings. The Morgan fingerprint density at radius 2 is 1.52 bits per heavy atom. The van der Waals surface area contributed by atoms with Gasteiger partial charge in [0.05, 0.1) is 10.1 Å². The fourth-order valence-corrected chi connectivity index (χ4v) is 2.73. The Bertz CT molecular complexity index is 815. The lowest BCUT2D eigenvalue weighted by Gasteiger charge is -1.91. The molecule has 0 saturated carbocycles. The largest absolute Gasteiger partial charge is 0.344 e. The maximum atomic E-state index is 4.18. The third-order valence-electron chi connectivity index (χ3n) is 3.34. The molecule has 0 atom stereocenters. The van der Waals surface area contributed by atoms with Crippen LogP contribution in [0.4, 0.5) is 0 Å². The Balaban J connectivity index is 0.000000126. The topological polar surface area (TPSA) is 17.8 Å². The third kappa shape index (κ3) is 2.98. The zero-order chi connectivity index (χ0) is 14.7. The molecule has 2 aromatic heterocycles. The van der Waals surface area contributed by atoms with E-state index in [9.17, 15) is 0 Å². The molecular formula is C18H15BrN2. The van der Waals surface area contributed by atoms with E-state index in [4.69, 9.17) is 0 Å². The Morgan fingerprint density at radius 3 is 2.29 bits per heavy atom. The summed E-state index contributed by atoms with van der Waals surface area (Å²) in [6, 6.07) is 20.4. The molecule has 21 heavy (non-hydrogen) atoms. The number of nitrogens with zero attached hydrogens (tertiary/aromatic N) is 2. The maximum absolute atomic E-state index is 4.18. The van der Waals surface area contributed by atoms with Crippen LogP contribution in [0.2, 0.25) is 0 Å². The van der Waals surface area contributed by atoms with E-state index in [0.717, 1.165) is 10.1 Å². The van der Waals surface area contributed by atoms with Crippen LogP contribution in [0, 0.1) is 0 Å². The molecule has 0 aliphatic rings. The van der Waals surface area contributed by atoms with Gasteiger partial charge in [0, 0.05) is 35.6 Å². The van der Waals surface area contributed by atoms with Crippen molar-refractivity contribution in [2.45, 2.75) is 0 Å². The highest BCUT2D eigenvalue weighted by molar-refractivity contribution is 9.10. The number of pyridine rings is 1. The Morgan fingerprint density at radius 1 is 0.857 bits per heavy atom. The van der Waals surface area contributed by atoms with E-state index in [-0.39, 0.29) is 0 Å². The van der Waals surface area contributed by atoms with Crippen molar-refractivity contribution < 1.29 is 0 Å². The van der Waals surface area contributed by atoms with Crippen LogP contribution in [0.1, 0.15) is 0 Å². The first-order valence-corrected chi connectivity index (χ1v) is 7.54. The Kier molecular flexibility index (Phi) is 4.02. The van der Waals surface area contributed by atoms with Crippen LogP contribution >= 0.6 is 15.9 Å². The van der Waals surface area contributed by atoms with Crippen LogP contribution in [0.3, 0.4) is 0 Å². The zero-order valence-corrected chi connectivity index (χ0v) is 13.3. The highest BCUT2D eigenvalue weighted by Crippen LogP contribution is 2.24. The van der Waals surface area contributed by atoms with Gasteiger partial charge >= 0.3 is 0 Å². The first kappa shape index (κ1) is 13.8. The van der Waals surface area contributed by atoms with Crippen LogP contribution in [-0.2, 0) is 7.05 Å². The summed E-state index contributed by atoms with van der Waals surface area (Å²) in [4.78, 5) is 4.18. The van der Waals surface area contributed by atoms with Crippen molar-refractivity contribution in [2.75, 3.05) is 0 Å². The summed E-state index contributed by atoms with van der Waals surface area (Å²) in [5, 5.41) is 3.75. The van der Waals surface area contributed by atoms with Gasteiger partial charge in [-0.3, -0.25) is 4.98 Å². The van der Waals surface area contributed by atoms with E-state index in [2.05, 4.69) is 62.0 Å². The first-order valence-electron chi connectivity index (χ1n) is 6.75. The molecule has 0 spiro atoms. The fraction of sp³-hybridized carbons (Fsp3) is 0.0556. The molecule has 0 bridgehead atoms. The van der Waals surface area contributed by atoms with E-state index in [1.165, 1.54) is 16.2 Å². The van der Waals surface area contributed by atoms with E-state index in [1.807, 2.05) is 43.6 Å². The minimum absolute atomic E-state index is 1.06. The van der Waals surface area contributed by atoms with Crippen LogP contribution in [0.25, 0.3) is 21.7 Å². The van der Waals surface area contributed by atoms with Gasteiger partial charge < -0.3 is 4.57 Å². The van der Waals surface area contributed by atoms with Crippen LogP contribution in [-0.4, -0.2) is 9.55 Å². The van der Waals surface area contributed by atoms with Crippen molar-refractivity contribution in [3.05, 3.63) is 77.7 Å². The summed E-state index contributed by atoms with van der Waals surface area (Å²) in [7, 11) is 2.03. The molecule has 2 heterocycles. The molecule has 0 N–H and O–H groups in total. The number of hydrogen-bond donors (Lipinski definition) is 0. The minimum atomic E-state index is 1.06. The number of hydrogen-bond acceptors (Lipinski definition) is 1. The second kappa shape index (κ2) is 6.10. The number of para-hydroxylation sites is 1. The fourth-order valence-electron chi connectivity index (χ4n) is 2.27. The lowest BCUT2D eigenvalue weighted by Crippen LogP contribution is -1.81. The lowest BCUT2D eigenvalue weighted by atomic mass is 10.2. The number of fused-ring (bicyclic) bond motifs is 2. The molecule has 104 valence electrons. The average molecular weight is 339 g/mol. The standard InChI is InChI=1S/C9H8BrN.C9H7N/c1-11-6-7-4-2-3-5-8(7)9(11)10;1-2-6-9-8(4-1)5-3-7-10-9/h2-6H,1H3;1-7H. The van der Waals surface area contributed by atoms with Gasteiger partial charge in [-0.1, -0.05) is 48.5 Å². The van der Waals surface area contributed by atoms with Crippen LogP contribution < -0.4 is 0 Å². The quantitative estimate of drug-likeness (QED) is 0.432. The van der Waals surface area contributed by atoms with E-state index in [0.29, 0.717) is 0 Å². The van der Waals surface area contributed by atoms with Gasteiger partial charge in [0.2, 0.25) is 0 Å². The summed E-state index contributed by atoms with van der Waals surface area (Å²) in [6.07, 6.45) is 3.92. The molecule has 0 unspecified atom stereocenters. The van der Waals surface area contributed by atoms with Gasteiger partial charge in [0.25, 0.3) is 0 Å². The molecule has 3 heteroatoms. The van der Waals surface area contributed by atoms with Gasteiger partial charge in [-0.05, 0) is 28.1 Å². The van der Waals surface area contributed by atoms with Crippen molar-refractivity contribution >= 4 is 37.6 Å². The highest BCUT2D eigenvalue weighted by Gasteiger charge is 2.00. The highest BCUT2D eigenvalue weighted by atomic mass is 79.9. The maximum Gasteiger partial charge on any atom is 0.0923 e. The van der Waals surface area contributed by atoms with Crippen molar-refractivity contribution in [2.24, 2.45) is 7.05 Å². The van der Waals surface area contributed by atoms with Crippen molar-refractivity contribution in [1.29, 1.82) is 0 Å². The molecule has 0 saturated heterocycles. The molecule has 4 rings (SSSR count). The second-order valence-electron chi connectivity index (χ2n) is 4.81. The van der Waals surface area contributed by atoms with Crippen LogP contribution in [0.15, 0.2) is 77.7 Å². The first-order chi connectivity index (χ1) is 10.3. The van der Waals surface area contributed by atoms with Crippen molar-refractivity contribution in [3.8, 4) is 0 Å². The van der Waals surface area contributed by atoms with Gasteiger partial charge in [-0.25, -0.2) is 0 Å². The van der Waals surface area contributed by atoms with Crippen LogP contribution in [0.5, 0.6) is 0 Å². The van der Waals surface area contributed by atoms with E-state index in [1.54, 1.807) is 0 Å². The van der Waals surface area contributed by atoms with Gasteiger partial charge in [0.15, 0.2) is 0 Å². The summed E-state index contributed by atoms with van der Waals surface area (Å²) in [5.41, 5.74) is 1.06. The number of aromatic nitrogens is 2. The second-order valence-corrected chi connectivity index (χ2v) is 5.57. The normalized spacial score (nSPS) is 10.4. The van der Waals surface area contributed by atoms with E-state index < -0.39 is 0 Å². The zero-order valence-electron chi connectivity index (χ0n) is 11.7. The van der Waals surface area contributed by atoms with Gasteiger partial charge in [-0.2, -0.15) is 0 Å². The molecule has 0 aliphatic heterocycles. The van der Waals surface area contributed by atoms with E-state index >= 15 is 0 Å². The van der Waals surface area contributed by atoms with Crippen molar-refractivity contribution in [3.63, 3.8) is 0 Å². The number of rotatable bonds is 0. The summed E-state index contributed by atoms with van der Waals surface area (Å²) in [5.74, 6) is 0. The molecule has 2 nitrogen and oxygen atoms in total. The smallest absolute Gasteiger partial charge is 0.0923 e. The third-order valence-corrected chi connectivity index (χ3v) is 4.32. The monoisotopic (exact) mass is 338 g/mol.